The molecule has 0 aromatic carbocycles. The summed E-state index contributed by atoms with van der Waals surface area (Å²) in [6.45, 7) is 2.26. The van der Waals surface area contributed by atoms with E-state index in [1.165, 1.54) is 4.90 Å². The zero-order valence-corrected chi connectivity index (χ0v) is 15.0. The van der Waals surface area contributed by atoms with Crippen LogP contribution in [0.25, 0.3) is 10.9 Å². The van der Waals surface area contributed by atoms with Crippen molar-refractivity contribution in [2.45, 2.75) is 44.0 Å². The fourth-order valence-electron chi connectivity index (χ4n) is 4.04. The van der Waals surface area contributed by atoms with Crippen LogP contribution >= 0.6 is 11.6 Å². The number of piperazine rings is 1. The zero-order valence-electron chi connectivity index (χ0n) is 14.3. The van der Waals surface area contributed by atoms with E-state index in [4.69, 9.17) is 16.3 Å². The van der Waals surface area contributed by atoms with Crippen LogP contribution in [0.4, 0.5) is 9.18 Å². The summed E-state index contributed by atoms with van der Waals surface area (Å²) in [6, 6.07) is -0.617. The van der Waals surface area contributed by atoms with Crippen molar-refractivity contribution in [1.82, 2.24) is 25.2 Å². The quantitative estimate of drug-likeness (QED) is 0.669. The first kappa shape index (κ1) is 17.9. The minimum atomic E-state index is -0.963. The van der Waals surface area contributed by atoms with E-state index in [1.807, 2.05) is 0 Å². The number of carboxylic acid groups (broad SMARTS) is 1. The molecular formula is C16H17ClFN5O4. The Morgan fingerprint density at radius 3 is 3.04 bits per heavy atom. The van der Waals surface area contributed by atoms with E-state index < -0.39 is 28.7 Å². The Morgan fingerprint density at radius 2 is 2.30 bits per heavy atom. The van der Waals surface area contributed by atoms with Crippen LogP contribution in [0.3, 0.4) is 0 Å². The van der Waals surface area contributed by atoms with E-state index in [0.717, 1.165) is 12.7 Å². The summed E-state index contributed by atoms with van der Waals surface area (Å²) in [5.41, 5.74) is -0.833. The number of ether oxygens (including phenoxy) is 1. The molecule has 2 saturated heterocycles. The van der Waals surface area contributed by atoms with Gasteiger partial charge in [0.05, 0.1) is 18.4 Å². The number of H-pyrrole nitrogens is 1. The molecule has 0 radical (unpaired) electrons. The van der Waals surface area contributed by atoms with Crippen LogP contribution in [0.2, 0.25) is 5.15 Å². The first-order valence-corrected chi connectivity index (χ1v) is 8.90. The average molecular weight is 398 g/mol. The van der Waals surface area contributed by atoms with E-state index in [1.54, 1.807) is 6.92 Å². The molecule has 1 amide bonds. The van der Waals surface area contributed by atoms with Crippen molar-refractivity contribution in [2.24, 2.45) is 0 Å². The molecule has 2 aliphatic heterocycles. The van der Waals surface area contributed by atoms with Gasteiger partial charge in [0.2, 0.25) is 5.88 Å². The number of amides is 1. The number of carbonyl (C=O) groups is 1. The fourth-order valence-corrected chi connectivity index (χ4v) is 4.21. The lowest BCUT2D eigenvalue weighted by Crippen LogP contribution is -2.63. The predicted octanol–water partition coefficient (Wildman–Crippen LogP) is 1.36. The largest absolute Gasteiger partial charge is 0.472 e. The van der Waals surface area contributed by atoms with Crippen molar-refractivity contribution in [3.63, 3.8) is 0 Å². The molecule has 4 atom stereocenters. The van der Waals surface area contributed by atoms with Gasteiger partial charge in [0.1, 0.15) is 17.0 Å². The van der Waals surface area contributed by atoms with Gasteiger partial charge in [0.15, 0.2) is 11.0 Å². The summed E-state index contributed by atoms with van der Waals surface area (Å²) >= 11 is 5.82. The van der Waals surface area contributed by atoms with Gasteiger partial charge in [0.25, 0.3) is 5.56 Å². The lowest BCUT2D eigenvalue weighted by molar-refractivity contribution is 0.0543. The number of hydrogen-bond acceptors (Lipinski definition) is 6. The van der Waals surface area contributed by atoms with E-state index in [-0.39, 0.29) is 34.9 Å². The number of pyridine rings is 1. The number of hydrogen-bond donors (Lipinski definition) is 3. The normalized spacial score (nSPS) is 25.6. The van der Waals surface area contributed by atoms with E-state index in [2.05, 4.69) is 20.3 Å². The molecule has 1 unspecified atom stereocenters. The SMILES string of the molecule is CC(Oc1nc(Cl)c(F)c2nc[nH]c(=O)c12)[C@@H]1NC[C@@H]2CC[C@H]1N2C(=O)O. The highest BCUT2D eigenvalue weighted by Crippen LogP contribution is 2.33. The Bertz CT molecular complexity index is 970. The van der Waals surface area contributed by atoms with Gasteiger partial charge in [-0.3, -0.25) is 9.69 Å². The number of aromatic amines is 1. The van der Waals surface area contributed by atoms with Crippen LogP contribution in [0, 0.1) is 5.82 Å². The number of rotatable bonds is 3. The van der Waals surface area contributed by atoms with E-state index in [0.29, 0.717) is 13.0 Å². The van der Waals surface area contributed by atoms with Gasteiger partial charge in [-0.2, -0.15) is 4.98 Å². The third kappa shape index (κ3) is 2.88. The van der Waals surface area contributed by atoms with Gasteiger partial charge in [-0.25, -0.2) is 14.2 Å². The van der Waals surface area contributed by atoms with Crippen molar-refractivity contribution in [3.05, 3.63) is 27.7 Å². The topological polar surface area (TPSA) is 120 Å². The average Bonchev–Trinajstić information content (AvgIpc) is 2.93. The Labute approximate surface area is 157 Å². The second-order valence-corrected chi connectivity index (χ2v) is 7.08. The first-order chi connectivity index (χ1) is 12.9. The first-order valence-electron chi connectivity index (χ1n) is 8.52. The molecule has 2 aromatic heterocycles. The number of fused-ring (bicyclic) bond motifs is 3. The molecule has 2 fully saturated rings. The Kier molecular flexibility index (Phi) is 4.39. The fraction of sp³-hybridized carbons (Fsp3) is 0.500. The van der Waals surface area contributed by atoms with Crippen molar-refractivity contribution in [1.29, 1.82) is 0 Å². The van der Waals surface area contributed by atoms with Crippen LogP contribution in [0.1, 0.15) is 19.8 Å². The van der Waals surface area contributed by atoms with Gasteiger partial charge in [-0.1, -0.05) is 11.6 Å². The zero-order chi connectivity index (χ0) is 19.3. The van der Waals surface area contributed by atoms with Crippen molar-refractivity contribution < 1.29 is 19.0 Å². The van der Waals surface area contributed by atoms with Crippen LogP contribution in [-0.2, 0) is 0 Å². The highest BCUT2D eigenvalue weighted by Gasteiger charge is 2.47. The molecule has 4 heterocycles. The Hall–Kier alpha value is -2.46. The molecule has 9 nitrogen and oxygen atoms in total. The summed E-state index contributed by atoms with van der Waals surface area (Å²) in [6.07, 6.45) is 1.05. The highest BCUT2D eigenvalue weighted by molar-refractivity contribution is 6.30. The summed E-state index contributed by atoms with van der Waals surface area (Å²) in [5.74, 6) is -1.04. The van der Waals surface area contributed by atoms with E-state index >= 15 is 0 Å². The number of nitrogens with zero attached hydrogens (tertiary/aromatic N) is 3. The molecule has 2 aromatic rings. The van der Waals surface area contributed by atoms with Gasteiger partial charge in [0, 0.05) is 12.6 Å². The number of halogens is 2. The van der Waals surface area contributed by atoms with Crippen molar-refractivity contribution in [3.8, 4) is 5.88 Å². The molecule has 3 N–H and O–H groups in total. The molecule has 144 valence electrons. The molecule has 2 bridgehead atoms. The van der Waals surface area contributed by atoms with E-state index in [9.17, 15) is 19.1 Å². The highest BCUT2D eigenvalue weighted by atomic mass is 35.5. The molecule has 0 saturated carbocycles. The maximum Gasteiger partial charge on any atom is 0.407 e. The standard InChI is InChI=1S/C16H17ClFN5O4/c1-6(11-8-3-2-7(4-19-11)23(8)16(25)26)27-15-9-12(10(18)13(17)22-15)20-5-21-14(9)24/h5-8,11,19H,2-4H2,1H3,(H,25,26)(H,20,21,24)/t6?,7-,8+,11-/m0/s1. The third-order valence-electron chi connectivity index (χ3n) is 5.23. The van der Waals surface area contributed by atoms with Gasteiger partial charge < -0.3 is 20.1 Å². The summed E-state index contributed by atoms with van der Waals surface area (Å²) in [5, 5.41) is 12.2. The molecule has 27 heavy (non-hydrogen) atoms. The van der Waals surface area contributed by atoms with Gasteiger partial charge in [-0.15, -0.1) is 0 Å². The van der Waals surface area contributed by atoms with Gasteiger partial charge >= 0.3 is 6.09 Å². The lowest BCUT2D eigenvalue weighted by atomic mass is 10.0. The molecular weight excluding hydrogens is 381 g/mol. The lowest BCUT2D eigenvalue weighted by Gasteiger charge is -2.41. The Morgan fingerprint density at radius 1 is 1.52 bits per heavy atom. The number of aromatic nitrogens is 3. The predicted molar refractivity (Wildman–Crippen MR) is 93.7 cm³/mol. The maximum absolute atomic E-state index is 14.2. The summed E-state index contributed by atoms with van der Waals surface area (Å²) in [7, 11) is 0. The minimum absolute atomic E-state index is 0.0535. The molecule has 11 heteroatoms. The van der Waals surface area contributed by atoms with Crippen LogP contribution in [-0.4, -0.2) is 61.8 Å². The van der Waals surface area contributed by atoms with Crippen LogP contribution in [0.15, 0.2) is 11.1 Å². The summed E-state index contributed by atoms with van der Waals surface area (Å²) in [4.78, 5) is 35.2. The van der Waals surface area contributed by atoms with Crippen molar-refractivity contribution in [2.75, 3.05) is 6.54 Å². The van der Waals surface area contributed by atoms with Crippen molar-refractivity contribution >= 4 is 28.6 Å². The van der Waals surface area contributed by atoms with Crippen LogP contribution < -0.4 is 15.6 Å². The maximum atomic E-state index is 14.2. The van der Waals surface area contributed by atoms with Gasteiger partial charge in [-0.05, 0) is 19.8 Å². The third-order valence-corrected chi connectivity index (χ3v) is 5.48. The number of nitrogens with one attached hydrogen (secondary N) is 2. The molecule has 0 spiro atoms. The molecule has 4 rings (SSSR count). The second kappa shape index (κ2) is 6.61. The van der Waals surface area contributed by atoms with Crippen LogP contribution in [0.5, 0.6) is 5.88 Å². The second-order valence-electron chi connectivity index (χ2n) is 6.72. The Balaban J connectivity index is 1.68. The minimum Gasteiger partial charge on any atom is -0.472 e. The monoisotopic (exact) mass is 397 g/mol. The summed E-state index contributed by atoms with van der Waals surface area (Å²) < 4.78 is 20.0. The molecule has 2 aliphatic rings. The molecule has 0 aliphatic carbocycles. The smallest absolute Gasteiger partial charge is 0.407 e.